The van der Waals surface area contributed by atoms with E-state index in [1.165, 1.54) is 23.6 Å². The second-order valence-corrected chi connectivity index (χ2v) is 8.00. The van der Waals surface area contributed by atoms with E-state index >= 15 is 0 Å². The predicted molar refractivity (Wildman–Crippen MR) is 125 cm³/mol. The van der Waals surface area contributed by atoms with E-state index < -0.39 is 0 Å². The van der Waals surface area contributed by atoms with Crippen LogP contribution in [0.2, 0.25) is 0 Å². The van der Waals surface area contributed by atoms with Crippen LogP contribution in [0.5, 0.6) is 0 Å². The van der Waals surface area contributed by atoms with E-state index in [4.69, 9.17) is 15.9 Å². The molecule has 1 aromatic carbocycles. The molecule has 0 saturated carbocycles. The molecule has 0 spiro atoms. The third-order valence-electron chi connectivity index (χ3n) is 5.59. The van der Waals surface area contributed by atoms with Crippen LogP contribution >= 0.6 is 0 Å². The van der Waals surface area contributed by atoms with Crippen LogP contribution in [0.25, 0.3) is 0 Å². The number of nitrogens with zero attached hydrogens (tertiary/aromatic N) is 2. The van der Waals surface area contributed by atoms with Gasteiger partial charge in [-0.3, -0.25) is 9.69 Å². The quantitative estimate of drug-likeness (QED) is 0.531. The molecule has 0 atom stereocenters. The smallest absolute Gasteiger partial charge is 0.224 e. The Balaban J connectivity index is 1.48. The number of morpholine rings is 1. The second kappa shape index (κ2) is 11.5. The molecule has 1 amide bonds. The minimum absolute atomic E-state index is 0.0180. The normalized spacial score (nSPS) is 17.7. The zero-order valence-corrected chi connectivity index (χ0v) is 18.3. The number of amides is 1. The molecule has 3 rings (SSSR count). The van der Waals surface area contributed by atoms with E-state index in [-0.39, 0.29) is 5.91 Å². The van der Waals surface area contributed by atoms with Gasteiger partial charge in [-0.1, -0.05) is 12.1 Å². The third kappa shape index (κ3) is 6.80. The highest BCUT2D eigenvalue weighted by molar-refractivity contribution is 5.90. The van der Waals surface area contributed by atoms with Crippen LogP contribution in [0.1, 0.15) is 24.8 Å². The average molecular weight is 424 g/mol. The van der Waals surface area contributed by atoms with Gasteiger partial charge < -0.3 is 26.1 Å². The number of hydrogen-bond donors (Lipinski definition) is 3. The van der Waals surface area contributed by atoms with Crippen molar-refractivity contribution in [2.75, 3.05) is 45.2 Å². The summed E-state index contributed by atoms with van der Waals surface area (Å²) in [5.74, 6) is 0.0180. The highest BCUT2D eigenvalue weighted by atomic mass is 16.5. The van der Waals surface area contributed by atoms with E-state index in [2.05, 4.69) is 27.2 Å². The van der Waals surface area contributed by atoms with E-state index in [1.54, 1.807) is 0 Å². The molecule has 0 unspecified atom stereocenters. The molecule has 1 aromatic rings. The maximum Gasteiger partial charge on any atom is 0.224 e. The molecule has 0 aliphatic carbocycles. The SMILES string of the molecule is CN1C=CC(/C(C=N)=C/N)=C(CCCC(=O)Nc2ccc(CN3CCOCC3)cc2)C1. The van der Waals surface area contributed by atoms with Crippen LogP contribution in [-0.2, 0) is 16.1 Å². The fraction of sp³-hybridized carbons (Fsp3) is 0.417. The molecule has 1 fully saturated rings. The van der Waals surface area contributed by atoms with Gasteiger partial charge in [0.1, 0.15) is 0 Å². The van der Waals surface area contributed by atoms with E-state index in [1.807, 2.05) is 31.5 Å². The van der Waals surface area contributed by atoms with Crippen molar-refractivity contribution in [3.8, 4) is 0 Å². The van der Waals surface area contributed by atoms with Crippen molar-refractivity contribution in [1.29, 1.82) is 5.41 Å². The number of rotatable bonds is 9. The number of carbonyl (C=O) groups excluding carboxylic acids is 1. The monoisotopic (exact) mass is 423 g/mol. The summed E-state index contributed by atoms with van der Waals surface area (Å²) in [7, 11) is 2.01. The van der Waals surface area contributed by atoms with E-state index in [9.17, 15) is 4.79 Å². The van der Waals surface area contributed by atoms with Crippen molar-refractivity contribution in [3.05, 3.63) is 65.0 Å². The molecule has 4 N–H and O–H groups in total. The zero-order chi connectivity index (χ0) is 22.1. The first-order valence-electron chi connectivity index (χ1n) is 10.8. The van der Waals surface area contributed by atoms with Gasteiger partial charge in [-0.15, -0.1) is 0 Å². The number of nitrogens with one attached hydrogen (secondary N) is 2. The lowest BCUT2D eigenvalue weighted by Gasteiger charge is -2.26. The zero-order valence-electron chi connectivity index (χ0n) is 18.3. The number of carbonyl (C=O) groups is 1. The molecule has 7 nitrogen and oxygen atoms in total. The average Bonchev–Trinajstić information content (AvgIpc) is 2.78. The predicted octanol–water partition coefficient (Wildman–Crippen LogP) is 2.88. The number of likely N-dealkylation sites (N-methyl/N-ethyl adjacent to an activating group) is 1. The lowest BCUT2D eigenvalue weighted by Crippen LogP contribution is -2.35. The number of anilines is 1. The highest BCUT2D eigenvalue weighted by Crippen LogP contribution is 2.24. The van der Waals surface area contributed by atoms with Crippen molar-refractivity contribution < 1.29 is 9.53 Å². The standard InChI is InChI=1S/C24H33N5O2/c1-28-10-9-23(21(15-25)16-26)20(18-28)3-2-4-24(30)27-22-7-5-19(6-8-22)17-29-11-13-31-14-12-29/h5-10,15-16,25H,2-4,11-14,17-18,26H2,1H3,(H,27,30)/b21-16+,25-15?. The Labute approximate surface area is 184 Å². The first kappa shape index (κ1) is 22.8. The number of allylic oxidation sites excluding steroid dienone is 3. The summed E-state index contributed by atoms with van der Waals surface area (Å²) in [5.41, 5.74) is 10.6. The Morgan fingerprint density at radius 2 is 2.00 bits per heavy atom. The Morgan fingerprint density at radius 3 is 2.68 bits per heavy atom. The first-order valence-corrected chi connectivity index (χ1v) is 10.8. The Morgan fingerprint density at radius 1 is 1.26 bits per heavy atom. The van der Waals surface area contributed by atoms with Crippen LogP contribution in [0.4, 0.5) is 5.69 Å². The summed E-state index contributed by atoms with van der Waals surface area (Å²) >= 11 is 0. The van der Waals surface area contributed by atoms with Gasteiger partial charge in [0.2, 0.25) is 5.91 Å². The minimum atomic E-state index is 0.0180. The molecule has 166 valence electrons. The van der Waals surface area contributed by atoms with Crippen molar-refractivity contribution >= 4 is 17.8 Å². The van der Waals surface area contributed by atoms with Gasteiger partial charge in [-0.2, -0.15) is 0 Å². The van der Waals surface area contributed by atoms with E-state index in [0.717, 1.165) is 63.5 Å². The summed E-state index contributed by atoms with van der Waals surface area (Å²) in [6.07, 6.45) is 8.71. The number of ether oxygens (including phenoxy) is 1. The molecular weight excluding hydrogens is 390 g/mol. The molecule has 1 saturated heterocycles. The van der Waals surface area contributed by atoms with Crippen molar-refractivity contribution in [1.82, 2.24) is 9.80 Å². The van der Waals surface area contributed by atoms with Crippen molar-refractivity contribution in [2.45, 2.75) is 25.8 Å². The van der Waals surface area contributed by atoms with Gasteiger partial charge in [0.15, 0.2) is 0 Å². The van der Waals surface area contributed by atoms with Crippen LogP contribution in [0, 0.1) is 5.41 Å². The molecule has 2 heterocycles. The second-order valence-electron chi connectivity index (χ2n) is 8.00. The van der Waals surface area contributed by atoms with Gasteiger partial charge in [0.25, 0.3) is 0 Å². The molecule has 0 aromatic heterocycles. The summed E-state index contributed by atoms with van der Waals surface area (Å²) in [5, 5.41) is 10.6. The lowest BCUT2D eigenvalue weighted by atomic mass is 9.94. The van der Waals surface area contributed by atoms with E-state index in [0.29, 0.717) is 12.0 Å². The maximum atomic E-state index is 12.4. The molecule has 31 heavy (non-hydrogen) atoms. The molecule has 7 heteroatoms. The molecule has 0 bridgehead atoms. The summed E-state index contributed by atoms with van der Waals surface area (Å²) in [4.78, 5) is 16.9. The summed E-state index contributed by atoms with van der Waals surface area (Å²) in [6, 6.07) is 8.09. The van der Waals surface area contributed by atoms with Crippen LogP contribution in [0.15, 0.2) is 59.5 Å². The highest BCUT2D eigenvalue weighted by Gasteiger charge is 2.15. The molecular formula is C24H33N5O2. The Kier molecular flexibility index (Phi) is 8.44. The van der Waals surface area contributed by atoms with Gasteiger partial charge in [0, 0.05) is 63.3 Å². The van der Waals surface area contributed by atoms with Crippen LogP contribution in [0.3, 0.4) is 0 Å². The Bertz CT molecular complexity index is 851. The van der Waals surface area contributed by atoms with Crippen LogP contribution < -0.4 is 11.1 Å². The summed E-state index contributed by atoms with van der Waals surface area (Å²) < 4.78 is 5.39. The number of hydrogen-bond acceptors (Lipinski definition) is 6. The third-order valence-corrected chi connectivity index (χ3v) is 5.59. The van der Waals surface area contributed by atoms with Gasteiger partial charge in [-0.05, 0) is 54.0 Å². The van der Waals surface area contributed by atoms with Crippen molar-refractivity contribution in [2.24, 2.45) is 5.73 Å². The molecule has 2 aliphatic heterocycles. The largest absolute Gasteiger partial charge is 0.404 e. The fourth-order valence-electron chi connectivity index (χ4n) is 3.89. The van der Waals surface area contributed by atoms with Gasteiger partial charge in [-0.25, -0.2) is 0 Å². The minimum Gasteiger partial charge on any atom is -0.404 e. The van der Waals surface area contributed by atoms with Crippen molar-refractivity contribution in [3.63, 3.8) is 0 Å². The fourth-order valence-corrected chi connectivity index (χ4v) is 3.89. The lowest BCUT2D eigenvalue weighted by molar-refractivity contribution is -0.116. The topological polar surface area (TPSA) is 94.7 Å². The van der Waals surface area contributed by atoms with Gasteiger partial charge >= 0.3 is 0 Å². The maximum absolute atomic E-state index is 12.4. The first-order chi connectivity index (χ1) is 15.1. The van der Waals surface area contributed by atoms with Gasteiger partial charge in [0.05, 0.1) is 13.2 Å². The number of benzene rings is 1. The number of nitrogens with two attached hydrogens (primary N) is 1. The summed E-state index contributed by atoms with van der Waals surface area (Å²) in [6.45, 7) is 5.21. The molecule has 0 radical (unpaired) electrons. The van der Waals surface area contributed by atoms with Crippen LogP contribution in [-0.4, -0.2) is 61.8 Å². The molecule has 2 aliphatic rings. The Hall–Kier alpha value is -2.90.